The highest BCUT2D eigenvalue weighted by Crippen LogP contribution is 2.41. The predicted molar refractivity (Wildman–Crippen MR) is 69.9 cm³/mol. The van der Waals surface area contributed by atoms with Crippen LogP contribution >= 0.6 is 0 Å². The number of ether oxygens (including phenoxy) is 1. The Morgan fingerprint density at radius 3 is 3.00 bits per heavy atom. The van der Waals surface area contributed by atoms with Gasteiger partial charge in [0.15, 0.2) is 0 Å². The van der Waals surface area contributed by atoms with E-state index < -0.39 is 5.97 Å². The highest BCUT2D eigenvalue weighted by molar-refractivity contribution is 5.80. The minimum Gasteiger partial charge on any atom is -0.494 e. The molecule has 0 bridgehead atoms. The summed E-state index contributed by atoms with van der Waals surface area (Å²) >= 11 is 0. The summed E-state index contributed by atoms with van der Waals surface area (Å²) in [4.78, 5) is 10.7. The molecule has 2 rings (SSSR count). The van der Waals surface area contributed by atoms with Gasteiger partial charge in [0.05, 0.1) is 6.61 Å². The number of aliphatic carboxylic acids is 1. The van der Waals surface area contributed by atoms with Crippen LogP contribution in [0.5, 0.6) is 5.75 Å². The van der Waals surface area contributed by atoms with Crippen molar-refractivity contribution in [2.75, 3.05) is 6.61 Å². The van der Waals surface area contributed by atoms with Crippen molar-refractivity contribution in [2.45, 2.75) is 32.1 Å². The molecular formula is C15H18O3. The van der Waals surface area contributed by atoms with Gasteiger partial charge in [0.25, 0.3) is 0 Å². The van der Waals surface area contributed by atoms with Crippen molar-refractivity contribution in [1.82, 2.24) is 0 Å². The van der Waals surface area contributed by atoms with Gasteiger partial charge in [-0.1, -0.05) is 23.8 Å². The molecule has 1 aliphatic rings. The predicted octanol–water partition coefficient (Wildman–Crippen LogP) is 3.36. The zero-order valence-electron chi connectivity index (χ0n) is 10.6. The first-order valence-electron chi connectivity index (χ1n) is 6.34. The van der Waals surface area contributed by atoms with Crippen molar-refractivity contribution in [3.05, 3.63) is 41.5 Å². The van der Waals surface area contributed by atoms with E-state index in [4.69, 9.17) is 9.84 Å². The molecule has 18 heavy (non-hydrogen) atoms. The SMILES string of the molecule is CCOc1ccccc1C1CC/C(=C\C(=O)O)C1. The van der Waals surface area contributed by atoms with Crippen molar-refractivity contribution in [3.63, 3.8) is 0 Å². The Hall–Kier alpha value is -1.77. The van der Waals surface area contributed by atoms with E-state index in [2.05, 4.69) is 6.07 Å². The lowest BCUT2D eigenvalue weighted by atomic mass is 9.96. The van der Waals surface area contributed by atoms with E-state index in [9.17, 15) is 4.79 Å². The van der Waals surface area contributed by atoms with Crippen LogP contribution in [-0.4, -0.2) is 17.7 Å². The summed E-state index contributed by atoms with van der Waals surface area (Å²) in [6.45, 7) is 2.63. The van der Waals surface area contributed by atoms with Crippen molar-refractivity contribution in [3.8, 4) is 5.75 Å². The topological polar surface area (TPSA) is 46.5 Å². The largest absolute Gasteiger partial charge is 0.494 e. The number of carboxylic acids is 1. The van der Waals surface area contributed by atoms with E-state index in [-0.39, 0.29) is 0 Å². The molecule has 1 fully saturated rings. The summed E-state index contributed by atoms with van der Waals surface area (Å²) in [6, 6.07) is 8.05. The van der Waals surface area contributed by atoms with Crippen LogP contribution in [0.25, 0.3) is 0 Å². The fourth-order valence-corrected chi connectivity index (χ4v) is 2.56. The average Bonchev–Trinajstić information content (AvgIpc) is 2.77. The van der Waals surface area contributed by atoms with Crippen LogP contribution < -0.4 is 4.74 Å². The van der Waals surface area contributed by atoms with E-state index in [0.717, 1.165) is 30.6 Å². The number of para-hydroxylation sites is 1. The summed E-state index contributed by atoms with van der Waals surface area (Å²) < 4.78 is 5.63. The maximum atomic E-state index is 10.7. The third kappa shape index (κ3) is 2.92. The summed E-state index contributed by atoms with van der Waals surface area (Å²) in [5.41, 5.74) is 2.23. The Labute approximate surface area is 107 Å². The molecule has 0 spiro atoms. The molecule has 0 aromatic heterocycles. The molecule has 96 valence electrons. The smallest absolute Gasteiger partial charge is 0.328 e. The van der Waals surface area contributed by atoms with Gasteiger partial charge in [-0.25, -0.2) is 4.79 Å². The number of allylic oxidation sites excluding steroid dienone is 1. The monoisotopic (exact) mass is 246 g/mol. The molecule has 1 unspecified atom stereocenters. The number of rotatable bonds is 4. The number of hydrogen-bond donors (Lipinski definition) is 1. The molecule has 3 nitrogen and oxygen atoms in total. The summed E-state index contributed by atoms with van der Waals surface area (Å²) in [5, 5.41) is 8.77. The lowest BCUT2D eigenvalue weighted by molar-refractivity contribution is -0.131. The molecule has 0 heterocycles. The quantitative estimate of drug-likeness (QED) is 0.828. The zero-order chi connectivity index (χ0) is 13.0. The van der Waals surface area contributed by atoms with Gasteiger partial charge in [0, 0.05) is 6.08 Å². The molecule has 0 amide bonds. The van der Waals surface area contributed by atoms with Gasteiger partial charge in [-0.3, -0.25) is 0 Å². The molecule has 3 heteroatoms. The second kappa shape index (κ2) is 5.71. The fraction of sp³-hybridized carbons (Fsp3) is 0.400. The third-order valence-electron chi connectivity index (χ3n) is 3.31. The average molecular weight is 246 g/mol. The van der Waals surface area contributed by atoms with Gasteiger partial charge >= 0.3 is 5.97 Å². The molecule has 1 aliphatic carbocycles. The summed E-state index contributed by atoms with van der Waals surface area (Å²) in [5.74, 6) is 0.476. The second-order valence-corrected chi connectivity index (χ2v) is 4.55. The molecule has 1 saturated carbocycles. The Morgan fingerprint density at radius 2 is 2.28 bits per heavy atom. The first kappa shape index (κ1) is 12.7. The Morgan fingerprint density at radius 1 is 1.50 bits per heavy atom. The van der Waals surface area contributed by atoms with Crippen LogP contribution in [0.3, 0.4) is 0 Å². The van der Waals surface area contributed by atoms with Gasteiger partial charge < -0.3 is 9.84 Å². The van der Waals surface area contributed by atoms with Crippen molar-refractivity contribution < 1.29 is 14.6 Å². The maximum Gasteiger partial charge on any atom is 0.328 e. The van der Waals surface area contributed by atoms with Gasteiger partial charge in [-0.15, -0.1) is 0 Å². The normalized spacial score (nSPS) is 21.2. The van der Waals surface area contributed by atoms with Crippen LogP contribution in [0.1, 0.15) is 37.7 Å². The molecule has 1 aromatic carbocycles. The van der Waals surface area contributed by atoms with Crippen LogP contribution in [0.4, 0.5) is 0 Å². The zero-order valence-corrected chi connectivity index (χ0v) is 10.6. The van der Waals surface area contributed by atoms with Gasteiger partial charge in [0.2, 0.25) is 0 Å². The minimum absolute atomic E-state index is 0.387. The van der Waals surface area contributed by atoms with Crippen LogP contribution in [0, 0.1) is 0 Å². The van der Waals surface area contributed by atoms with Gasteiger partial charge in [0.1, 0.15) is 5.75 Å². The standard InChI is InChI=1S/C15H18O3/c1-2-18-14-6-4-3-5-13(14)12-8-7-11(9-12)10-15(16)17/h3-6,10,12H,2,7-9H2,1H3,(H,16,17)/b11-10+. The van der Waals surface area contributed by atoms with Crippen molar-refractivity contribution in [2.24, 2.45) is 0 Å². The summed E-state index contributed by atoms with van der Waals surface area (Å²) in [7, 11) is 0. The van der Waals surface area contributed by atoms with Crippen molar-refractivity contribution in [1.29, 1.82) is 0 Å². The van der Waals surface area contributed by atoms with Crippen LogP contribution in [-0.2, 0) is 4.79 Å². The Bertz CT molecular complexity index is 463. The summed E-state index contributed by atoms with van der Waals surface area (Å²) in [6.07, 6.45) is 4.06. The second-order valence-electron chi connectivity index (χ2n) is 4.55. The molecular weight excluding hydrogens is 228 g/mol. The van der Waals surface area contributed by atoms with E-state index in [1.807, 2.05) is 25.1 Å². The third-order valence-corrected chi connectivity index (χ3v) is 3.31. The van der Waals surface area contributed by atoms with E-state index in [0.29, 0.717) is 12.5 Å². The Balaban J connectivity index is 2.16. The molecule has 0 saturated heterocycles. The van der Waals surface area contributed by atoms with Crippen LogP contribution in [0.2, 0.25) is 0 Å². The van der Waals surface area contributed by atoms with E-state index >= 15 is 0 Å². The van der Waals surface area contributed by atoms with E-state index in [1.165, 1.54) is 11.6 Å². The fourth-order valence-electron chi connectivity index (χ4n) is 2.56. The first-order chi connectivity index (χ1) is 8.70. The lowest BCUT2D eigenvalue weighted by Crippen LogP contribution is -2.00. The van der Waals surface area contributed by atoms with Crippen LogP contribution in [0.15, 0.2) is 35.9 Å². The maximum absolute atomic E-state index is 10.7. The van der Waals surface area contributed by atoms with Gasteiger partial charge in [-0.05, 0) is 43.7 Å². The molecule has 1 aromatic rings. The number of carboxylic acid groups (broad SMARTS) is 1. The van der Waals surface area contributed by atoms with Gasteiger partial charge in [-0.2, -0.15) is 0 Å². The number of benzene rings is 1. The molecule has 1 atom stereocenters. The van der Waals surface area contributed by atoms with Crippen molar-refractivity contribution >= 4 is 5.97 Å². The molecule has 0 radical (unpaired) electrons. The number of carbonyl (C=O) groups is 1. The highest BCUT2D eigenvalue weighted by Gasteiger charge is 2.24. The number of hydrogen-bond acceptors (Lipinski definition) is 2. The molecule has 1 N–H and O–H groups in total. The highest BCUT2D eigenvalue weighted by atomic mass is 16.5. The Kier molecular flexibility index (Phi) is 4.03. The molecule has 0 aliphatic heterocycles. The minimum atomic E-state index is -0.844. The van der Waals surface area contributed by atoms with E-state index in [1.54, 1.807) is 0 Å². The first-order valence-corrected chi connectivity index (χ1v) is 6.34. The lowest BCUT2D eigenvalue weighted by Gasteiger charge is -2.14.